The molecule has 1 aromatic heterocycles. The molecule has 2 amide bonds. The van der Waals surface area contributed by atoms with E-state index in [9.17, 15) is 14.7 Å². The lowest BCUT2D eigenvalue weighted by Crippen LogP contribution is -2.38. The molecule has 28 heavy (non-hydrogen) atoms. The number of phenolic OH excluding ortho intramolecular Hbond substituents is 1. The zero-order valence-electron chi connectivity index (χ0n) is 15.9. The van der Waals surface area contributed by atoms with Gasteiger partial charge in [-0.1, -0.05) is 24.6 Å². The normalized spacial score (nSPS) is 16.8. The smallest absolute Gasteiger partial charge is 0.226 e. The van der Waals surface area contributed by atoms with E-state index in [0.29, 0.717) is 18.7 Å². The van der Waals surface area contributed by atoms with Gasteiger partial charge in [0, 0.05) is 24.6 Å². The maximum Gasteiger partial charge on any atom is 0.226 e. The first-order chi connectivity index (χ1) is 13.6. The van der Waals surface area contributed by atoms with Crippen LogP contribution in [0.4, 0.5) is 0 Å². The van der Waals surface area contributed by atoms with Gasteiger partial charge in [0.15, 0.2) is 0 Å². The van der Waals surface area contributed by atoms with Gasteiger partial charge in [-0.3, -0.25) is 14.3 Å². The van der Waals surface area contributed by atoms with Gasteiger partial charge < -0.3 is 15.3 Å². The Morgan fingerprint density at radius 2 is 2.00 bits per heavy atom. The van der Waals surface area contributed by atoms with Gasteiger partial charge in [-0.25, -0.2) is 0 Å². The Morgan fingerprint density at radius 1 is 1.18 bits per heavy atom. The number of aromatic hydroxyl groups is 1. The maximum atomic E-state index is 12.6. The van der Waals surface area contributed by atoms with E-state index in [1.807, 2.05) is 15.6 Å². The standard InChI is InChI=1S/C21H26N4O3/c26-19-8-2-1-5-16(19)11-20(27)22-13-17-12-18-14-24(9-4-10-25(18)23-17)21(28)15-6-3-7-15/h1-2,5,8,12,15,26H,3-4,6-7,9-11,13-14H2,(H,22,27). The van der Waals surface area contributed by atoms with E-state index < -0.39 is 0 Å². The number of nitrogens with one attached hydrogen (secondary N) is 1. The van der Waals surface area contributed by atoms with Gasteiger partial charge in [-0.15, -0.1) is 0 Å². The quantitative estimate of drug-likeness (QED) is 0.828. The minimum absolute atomic E-state index is 0.127. The van der Waals surface area contributed by atoms with Gasteiger partial charge in [0.05, 0.1) is 30.9 Å². The number of phenols is 1. The highest BCUT2D eigenvalue weighted by atomic mass is 16.3. The van der Waals surface area contributed by atoms with Crippen molar-refractivity contribution in [3.8, 4) is 5.75 Å². The molecule has 1 saturated carbocycles. The summed E-state index contributed by atoms with van der Waals surface area (Å²) in [5.74, 6) is 0.454. The molecule has 1 aliphatic heterocycles. The van der Waals surface area contributed by atoms with Gasteiger partial charge in [-0.2, -0.15) is 5.10 Å². The zero-order chi connectivity index (χ0) is 19.5. The number of fused-ring (bicyclic) bond motifs is 1. The van der Waals surface area contributed by atoms with E-state index >= 15 is 0 Å². The summed E-state index contributed by atoms with van der Waals surface area (Å²) in [6.45, 7) is 2.50. The molecule has 148 valence electrons. The highest BCUT2D eigenvalue weighted by molar-refractivity contribution is 5.80. The third kappa shape index (κ3) is 4.03. The van der Waals surface area contributed by atoms with Crippen LogP contribution in [-0.2, 0) is 35.6 Å². The van der Waals surface area contributed by atoms with E-state index in [1.165, 1.54) is 0 Å². The number of aryl methyl sites for hydroxylation is 1. The molecule has 2 heterocycles. The number of hydrogen-bond donors (Lipinski definition) is 2. The van der Waals surface area contributed by atoms with Crippen LogP contribution in [-0.4, -0.2) is 38.1 Å². The first-order valence-electron chi connectivity index (χ1n) is 9.98. The van der Waals surface area contributed by atoms with Crippen molar-refractivity contribution in [2.75, 3.05) is 6.54 Å². The molecule has 0 spiro atoms. The van der Waals surface area contributed by atoms with Crippen molar-refractivity contribution in [2.24, 2.45) is 5.92 Å². The Bertz CT molecular complexity index is 872. The molecule has 2 aliphatic rings. The van der Waals surface area contributed by atoms with Crippen LogP contribution in [0.15, 0.2) is 30.3 Å². The molecule has 1 aromatic carbocycles. The molecule has 7 heteroatoms. The molecular weight excluding hydrogens is 356 g/mol. The Morgan fingerprint density at radius 3 is 2.75 bits per heavy atom. The first-order valence-corrected chi connectivity index (χ1v) is 9.98. The fourth-order valence-electron chi connectivity index (χ4n) is 3.79. The fraction of sp³-hybridized carbons (Fsp3) is 0.476. The van der Waals surface area contributed by atoms with Crippen molar-refractivity contribution < 1.29 is 14.7 Å². The molecule has 0 saturated heterocycles. The fourth-order valence-corrected chi connectivity index (χ4v) is 3.79. The number of para-hydroxylation sites is 1. The molecule has 0 radical (unpaired) electrons. The minimum Gasteiger partial charge on any atom is -0.508 e. The lowest BCUT2D eigenvalue weighted by Gasteiger charge is -2.30. The second kappa shape index (κ2) is 8.04. The highest BCUT2D eigenvalue weighted by Gasteiger charge is 2.30. The summed E-state index contributed by atoms with van der Waals surface area (Å²) >= 11 is 0. The topological polar surface area (TPSA) is 87.5 Å². The molecule has 0 bridgehead atoms. The molecule has 0 atom stereocenters. The number of rotatable bonds is 5. The monoisotopic (exact) mass is 382 g/mol. The Labute approximate surface area is 164 Å². The lowest BCUT2D eigenvalue weighted by atomic mass is 9.84. The maximum absolute atomic E-state index is 12.6. The highest BCUT2D eigenvalue weighted by Crippen LogP contribution is 2.29. The number of nitrogens with zero attached hydrogens (tertiary/aromatic N) is 3. The van der Waals surface area contributed by atoms with Gasteiger partial charge in [0.2, 0.25) is 11.8 Å². The average molecular weight is 382 g/mol. The molecular formula is C21H26N4O3. The SMILES string of the molecule is O=C(Cc1ccccc1O)NCc1cc2n(n1)CCCN(C(=O)C1CCC1)C2. The molecule has 2 N–H and O–H groups in total. The predicted octanol–water partition coefficient (Wildman–Crippen LogP) is 1.98. The number of carbonyl (C=O) groups is 2. The van der Waals surface area contributed by atoms with Crippen LogP contribution in [0.2, 0.25) is 0 Å². The van der Waals surface area contributed by atoms with Crippen molar-refractivity contribution in [1.82, 2.24) is 20.0 Å². The third-order valence-corrected chi connectivity index (χ3v) is 5.64. The molecule has 1 fully saturated rings. The van der Waals surface area contributed by atoms with Crippen molar-refractivity contribution in [1.29, 1.82) is 0 Å². The van der Waals surface area contributed by atoms with Crippen LogP contribution >= 0.6 is 0 Å². The summed E-state index contributed by atoms with van der Waals surface area (Å²) in [5, 5.41) is 17.2. The second-order valence-electron chi connectivity index (χ2n) is 7.67. The van der Waals surface area contributed by atoms with Crippen LogP contribution < -0.4 is 5.32 Å². The van der Waals surface area contributed by atoms with E-state index in [1.54, 1.807) is 24.3 Å². The first kappa shape index (κ1) is 18.5. The van der Waals surface area contributed by atoms with Crippen LogP contribution in [0.3, 0.4) is 0 Å². The van der Waals surface area contributed by atoms with E-state index in [2.05, 4.69) is 10.4 Å². The van der Waals surface area contributed by atoms with Crippen LogP contribution in [0.1, 0.15) is 42.6 Å². The van der Waals surface area contributed by atoms with Crippen LogP contribution in [0.5, 0.6) is 5.75 Å². The third-order valence-electron chi connectivity index (χ3n) is 5.64. The summed E-state index contributed by atoms with van der Waals surface area (Å²) in [4.78, 5) is 26.7. The van der Waals surface area contributed by atoms with E-state index in [-0.39, 0.29) is 29.9 Å². The average Bonchev–Trinajstić information content (AvgIpc) is 2.90. The predicted molar refractivity (Wildman–Crippen MR) is 103 cm³/mol. The summed E-state index contributed by atoms with van der Waals surface area (Å²) in [5.41, 5.74) is 2.42. The molecule has 7 nitrogen and oxygen atoms in total. The van der Waals surface area contributed by atoms with Crippen LogP contribution in [0.25, 0.3) is 0 Å². The number of benzene rings is 1. The van der Waals surface area contributed by atoms with Crippen molar-refractivity contribution in [3.05, 3.63) is 47.3 Å². The van der Waals surface area contributed by atoms with Crippen molar-refractivity contribution in [2.45, 2.75) is 51.7 Å². The van der Waals surface area contributed by atoms with Gasteiger partial charge >= 0.3 is 0 Å². The number of hydrogen-bond acceptors (Lipinski definition) is 4. The number of carbonyl (C=O) groups excluding carboxylic acids is 2. The largest absolute Gasteiger partial charge is 0.508 e. The number of aromatic nitrogens is 2. The Kier molecular flexibility index (Phi) is 5.32. The van der Waals surface area contributed by atoms with Crippen molar-refractivity contribution in [3.63, 3.8) is 0 Å². The summed E-state index contributed by atoms with van der Waals surface area (Å²) in [7, 11) is 0. The molecule has 0 unspecified atom stereocenters. The van der Waals surface area contributed by atoms with Gasteiger partial charge in [0.25, 0.3) is 0 Å². The molecule has 1 aliphatic carbocycles. The Balaban J connectivity index is 1.35. The number of amides is 2. The van der Waals surface area contributed by atoms with Crippen molar-refractivity contribution >= 4 is 11.8 Å². The Hall–Kier alpha value is -2.83. The lowest BCUT2D eigenvalue weighted by molar-refractivity contribution is -0.138. The molecule has 2 aromatic rings. The summed E-state index contributed by atoms with van der Waals surface area (Å²) in [6, 6.07) is 8.82. The van der Waals surface area contributed by atoms with Gasteiger partial charge in [-0.05, 0) is 31.4 Å². The van der Waals surface area contributed by atoms with Gasteiger partial charge in [0.1, 0.15) is 5.75 Å². The van der Waals surface area contributed by atoms with Crippen LogP contribution in [0, 0.1) is 5.92 Å². The summed E-state index contributed by atoms with van der Waals surface area (Å²) < 4.78 is 1.96. The minimum atomic E-state index is -0.161. The van der Waals surface area contributed by atoms with E-state index in [0.717, 1.165) is 50.2 Å². The second-order valence-corrected chi connectivity index (χ2v) is 7.67. The zero-order valence-corrected chi connectivity index (χ0v) is 15.9. The summed E-state index contributed by atoms with van der Waals surface area (Å²) in [6.07, 6.45) is 4.22. The van der Waals surface area contributed by atoms with E-state index in [4.69, 9.17) is 0 Å². The molecule has 4 rings (SSSR count).